The minimum Gasteiger partial charge on any atom is -0.368 e. The van der Waals surface area contributed by atoms with Crippen molar-refractivity contribution in [2.24, 2.45) is 0 Å². The van der Waals surface area contributed by atoms with E-state index in [2.05, 4.69) is 51.8 Å². The summed E-state index contributed by atoms with van der Waals surface area (Å²) >= 11 is 3.29. The molecular weight excluding hydrogens is 398 g/mol. The van der Waals surface area contributed by atoms with Gasteiger partial charge < -0.3 is 16.0 Å². The Hall–Kier alpha value is -3.07. The van der Waals surface area contributed by atoms with Crippen LogP contribution in [0.5, 0.6) is 0 Å². The van der Waals surface area contributed by atoms with Crippen molar-refractivity contribution in [3.8, 4) is 0 Å². The summed E-state index contributed by atoms with van der Waals surface area (Å²) in [6, 6.07) is 9.07. The van der Waals surface area contributed by atoms with E-state index in [1.807, 2.05) is 18.2 Å². The summed E-state index contributed by atoms with van der Waals surface area (Å²) < 4.78 is 0.761. The molecule has 3 N–H and O–H groups in total. The number of rotatable bonds is 7. The van der Waals surface area contributed by atoms with E-state index in [0.717, 1.165) is 4.47 Å². The summed E-state index contributed by atoms with van der Waals surface area (Å²) in [6.45, 7) is 0.964. The molecule has 0 unspecified atom stereocenters. The first-order valence-electron chi connectivity index (χ1n) is 7.83. The van der Waals surface area contributed by atoms with Crippen LogP contribution >= 0.6 is 15.9 Å². The quantitative estimate of drug-likeness (QED) is 0.511. The number of carbonyl (C=O) groups excluding carboxylic acids is 1. The van der Waals surface area contributed by atoms with Gasteiger partial charge in [-0.25, -0.2) is 15.0 Å². The van der Waals surface area contributed by atoms with Gasteiger partial charge in [0.15, 0.2) is 0 Å². The Morgan fingerprint density at radius 1 is 1.00 bits per heavy atom. The van der Waals surface area contributed by atoms with Crippen molar-refractivity contribution in [3.05, 3.63) is 65.3 Å². The van der Waals surface area contributed by atoms with Gasteiger partial charge in [0.05, 0.1) is 5.56 Å². The number of nitrogens with one attached hydrogen (secondary N) is 3. The summed E-state index contributed by atoms with van der Waals surface area (Å²) in [4.78, 5) is 28.5. The number of hydrogen-bond donors (Lipinski definition) is 3. The number of amides is 1. The summed E-state index contributed by atoms with van der Waals surface area (Å²) in [5.41, 5.74) is 0.503. The molecular formula is C17H16BrN7O. The van der Waals surface area contributed by atoms with E-state index in [9.17, 15) is 4.79 Å². The molecule has 0 atom stereocenters. The first kappa shape index (κ1) is 17.7. The topological polar surface area (TPSA) is 105 Å². The van der Waals surface area contributed by atoms with Gasteiger partial charge in [0.2, 0.25) is 0 Å². The van der Waals surface area contributed by atoms with E-state index in [0.29, 0.717) is 36.1 Å². The van der Waals surface area contributed by atoms with Gasteiger partial charge in [-0.15, -0.1) is 0 Å². The number of anilines is 3. The first-order chi connectivity index (χ1) is 12.7. The molecule has 1 amide bonds. The standard InChI is InChI=1S/C17H16BrN7O/c18-13-7-12(9-19-10-13)17(26)22-6-5-21-15-8-16(24-11-23-15)25-14-3-1-2-4-20-14/h1-4,7-11H,5-6H2,(H,22,26)(H2,20,21,23,24,25). The predicted octanol–water partition coefficient (Wildman–Crippen LogP) is 2.61. The SMILES string of the molecule is O=C(NCCNc1cc(Nc2ccccn2)ncn1)c1cncc(Br)c1. The second-order valence-corrected chi connectivity index (χ2v) is 6.12. The lowest BCUT2D eigenvalue weighted by molar-refractivity contribution is 0.0954. The van der Waals surface area contributed by atoms with E-state index < -0.39 is 0 Å². The number of halogens is 1. The number of pyridine rings is 2. The molecule has 3 rings (SSSR count). The van der Waals surface area contributed by atoms with Crippen LogP contribution < -0.4 is 16.0 Å². The smallest absolute Gasteiger partial charge is 0.252 e. The first-order valence-corrected chi connectivity index (χ1v) is 8.63. The van der Waals surface area contributed by atoms with Crippen LogP contribution in [0.2, 0.25) is 0 Å². The predicted molar refractivity (Wildman–Crippen MR) is 102 cm³/mol. The van der Waals surface area contributed by atoms with Crippen LogP contribution in [0.4, 0.5) is 17.5 Å². The van der Waals surface area contributed by atoms with Gasteiger partial charge in [-0.2, -0.15) is 0 Å². The number of carbonyl (C=O) groups is 1. The summed E-state index contributed by atoms with van der Waals surface area (Å²) in [5, 5.41) is 9.05. The highest BCUT2D eigenvalue weighted by Crippen LogP contribution is 2.13. The molecule has 0 aromatic carbocycles. The third-order valence-corrected chi connectivity index (χ3v) is 3.71. The van der Waals surface area contributed by atoms with Gasteiger partial charge in [0.1, 0.15) is 23.8 Å². The van der Waals surface area contributed by atoms with Crippen LogP contribution in [0.25, 0.3) is 0 Å². The number of hydrogen-bond acceptors (Lipinski definition) is 7. The molecule has 0 saturated carbocycles. The average molecular weight is 414 g/mol. The van der Waals surface area contributed by atoms with Crippen molar-refractivity contribution < 1.29 is 4.79 Å². The minimum absolute atomic E-state index is 0.180. The molecule has 0 fully saturated rings. The van der Waals surface area contributed by atoms with Crippen LogP contribution in [0.3, 0.4) is 0 Å². The maximum absolute atomic E-state index is 12.0. The van der Waals surface area contributed by atoms with Gasteiger partial charge in [0, 0.05) is 42.2 Å². The second-order valence-electron chi connectivity index (χ2n) is 5.20. The van der Waals surface area contributed by atoms with Crippen molar-refractivity contribution >= 4 is 39.3 Å². The summed E-state index contributed by atoms with van der Waals surface area (Å²) in [6.07, 6.45) is 6.31. The van der Waals surface area contributed by atoms with Gasteiger partial charge in [-0.3, -0.25) is 9.78 Å². The Labute approximate surface area is 158 Å². The highest BCUT2D eigenvalue weighted by molar-refractivity contribution is 9.10. The Morgan fingerprint density at radius 3 is 2.69 bits per heavy atom. The molecule has 3 heterocycles. The molecule has 0 aliphatic rings. The van der Waals surface area contributed by atoms with E-state index in [-0.39, 0.29) is 5.91 Å². The van der Waals surface area contributed by atoms with Crippen molar-refractivity contribution in [1.82, 2.24) is 25.3 Å². The number of nitrogens with zero attached hydrogens (tertiary/aromatic N) is 4. The molecule has 0 saturated heterocycles. The molecule has 0 aliphatic heterocycles. The Morgan fingerprint density at radius 2 is 1.88 bits per heavy atom. The lowest BCUT2D eigenvalue weighted by Gasteiger charge is -2.09. The van der Waals surface area contributed by atoms with E-state index in [1.165, 1.54) is 12.5 Å². The highest BCUT2D eigenvalue weighted by atomic mass is 79.9. The molecule has 8 nitrogen and oxygen atoms in total. The molecule has 3 aromatic heterocycles. The molecule has 3 aromatic rings. The lowest BCUT2D eigenvalue weighted by Crippen LogP contribution is -2.29. The average Bonchev–Trinajstić information content (AvgIpc) is 2.66. The molecule has 0 spiro atoms. The van der Waals surface area contributed by atoms with Gasteiger partial charge in [-0.05, 0) is 34.1 Å². The fraction of sp³-hybridized carbons (Fsp3) is 0.118. The summed E-state index contributed by atoms with van der Waals surface area (Å²) in [7, 11) is 0. The fourth-order valence-electron chi connectivity index (χ4n) is 2.09. The second kappa shape index (κ2) is 8.86. The normalized spacial score (nSPS) is 10.2. The third kappa shape index (κ3) is 5.21. The maximum Gasteiger partial charge on any atom is 0.252 e. The van der Waals surface area contributed by atoms with Crippen molar-refractivity contribution in [2.75, 3.05) is 23.7 Å². The van der Waals surface area contributed by atoms with Crippen LogP contribution in [0.15, 0.2) is 59.7 Å². The van der Waals surface area contributed by atoms with Crippen molar-refractivity contribution in [1.29, 1.82) is 0 Å². The molecule has 26 heavy (non-hydrogen) atoms. The molecule has 0 bridgehead atoms. The highest BCUT2D eigenvalue weighted by Gasteiger charge is 2.06. The molecule has 0 aliphatic carbocycles. The van der Waals surface area contributed by atoms with Crippen molar-refractivity contribution in [3.63, 3.8) is 0 Å². The van der Waals surface area contributed by atoms with Crippen LogP contribution in [-0.2, 0) is 0 Å². The van der Waals surface area contributed by atoms with Gasteiger partial charge >= 0.3 is 0 Å². The molecule has 0 radical (unpaired) electrons. The van der Waals surface area contributed by atoms with E-state index >= 15 is 0 Å². The Bertz CT molecular complexity index is 876. The largest absolute Gasteiger partial charge is 0.368 e. The zero-order valence-electron chi connectivity index (χ0n) is 13.7. The Balaban J connectivity index is 1.48. The third-order valence-electron chi connectivity index (χ3n) is 3.27. The van der Waals surface area contributed by atoms with Gasteiger partial charge in [-0.1, -0.05) is 6.07 Å². The van der Waals surface area contributed by atoms with E-state index in [1.54, 1.807) is 24.5 Å². The zero-order valence-corrected chi connectivity index (χ0v) is 15.3. The maximum atomic E-state index is 12.0. The lowest BCUT2D eigenvalue weighted by atomic mass is 10.3. The van der Waals surface area contributed by atoms with Crippen LogP contribution in [0.1, 0.15) is 10.4 Å². The van der Waals surface area contributed by atoms with Crippen molar-refractivity contribution in [2.45, 2.75) is 0 Å². The summed E-state index contributed by atoms with van der Waals surface area (Å²) in [5.74, 6) is 1.80. The molecule has 9 heteroatoms. The monoisotopic (exact) mass is 413 g/mol. The van der Waals surface area contributed by atoms with Crippen LogP contribution in [-0.4, -0.2) is 38.9 Å². The Kier molecular flexibility index (Phi) is 6.05. The number of aromatic nitrogens is 4. The fourth-order valence-corrected chi connectivity index (χ4v) is 2.46. The van der Waals surface area contributed by atoms with Gasteiger partial charge in [0.25, 0.3) is 5.91 Å². The zero-order chi connectivity index (χ0) is 18.2. The minimum atomic E-state index is -0.180. The van der Waals surface area contributed by atoms with E-state index in [4.69, 9.17) is 0 Å². The molecule has 132 valence electrons. The van der Waals surface area contributed by atoms with Crippen LogP contribution in [0, 0.1) is 0 Å².